The highest BCUT2D eigenvalue weighted by Crippen LogP contribution is 2.31. The number of hydrogen-bond acceptors (Lipinski definition) is 4. The Morgan fingerprint density at radius 3 is 2.45 bits per heavy atom. The van der Waals surface area contributed by atoms with Gasteiger partial charge in [0.25, 0.3) is 0 Å². The first kappa shape index (κ1) is 17.9. The number of likely N-dealkylation sites (N-methyl/N-ethyl adjacent to an activating group) is 1. The van der Waals surface area contributed by atoms with Crippen molar-refractivity contribution in [1.29, 1.82) is 0 Å². The third kappa shape index (κ3) is 5.32. The fourth-order valence-electron chi connectivity index (χ4n) is 3.09. The van der Waals surface area contributed by atoms with E-state index >= 15 is 0 Å². The Balaban J connectivity index is 2.33. The van der Waals surface area contributed by atoms with E-state index in [0.717, 1.165) is 51.9 Å². The Bertz CT molecular complexity index is 253. The molecule has 2 unspecified atom stereocenters. The fourth-order valence-corrected chi connectivity index (χ4v) is 3.09. The predicted molar refractivity (Wildman–Crippen MR) is 84.1 cm³/mol. The maximum Gasteiger partial charge on any atom is 0.0791 e. The third-order valence-electron chi connectivity index (χ3n) is 4.79. The van der Waals surface area contributed by atoms with E-state index in [4.69, 9.17) is 4.74 Å². The number of nitrogens with one attached hydrogen (secondary N) is 1. The lowest BCUT2D eigenvalue weighted by Gasteiger charge is -2.40. The van der Waals surface area contributed by atoms with Crippen LogP contribution in [0, 0.1) is 0 Å². The summed E-state index contributed by atoms with van der Waals surface area (Å²) in [4.78, 5) is 2.26. The summed E-state index contributed by atoms with van der Waals surface area (Å²) in [5, 5.41) is 13.7. The van der Waals surface area contributed by atoms with E-state index < -0.39 is 0 Å². The van der Waals surface area contributed by atoms with E-state index in [9.17, 15) is 5.11 Å². The van der Waals surface area contributed by atoms with Crippen LogP contribution in [-0.2, 0) is 4.74 Å². The van der Waals surface area contributed by atoms with Crippen molar-refractivity contribution in [3.8, 4) is 0 Å². The molecular weight excluding hydrogens is 252 g/mol. The molecule has 0 bridgehead atoms. The number of aliphatic hydroxyl groups excluding tert-OH is 1. The monoisotopic (exact) mass is 286 g/mol. The van der Waals surface area contributed by atoms with Gasteiger partial charge in [-0.3, -0.25) is 0 Å². The van der Waals surface area contributed by atoms with Crippen molar-refractivity contribution in [2.75, 3.05) is 32.8 Å². The molecule has 0 aromatic rings. The van der Waals surface area contributed by atoms with Gasteiger partial charge < -0.3 is 20.1 Å². The highest BCUT2D eigenvalue weighted by Gasteiger charge is 2.34. The van der Waals surface area contributed by atoms with Crippen LogP contribution >= 0.6 is 0 Å². The zero-order valence-electron chi connectivity index (χ0n) is 13.8. The number of nitrogens with zero attached hydrogens (tertiary/aromatic N) is 1. The molecule has 4 nitrogen and oxygen atoms in total. The van der Waals surface area contributed by atoms with Gasteiger partial charge in [-0.25, -0.2) is 0 Å². The van der Waals surface area contributed by atoms with Crippen LogP contribution in [0.3, 0.4) is 0 Å². The molecule has 0 spiro atoms. The Morgan fingerprint density at radius 2 is 1.90 bits per heavy atom. The molecule has 1 rings (SSSR count). The topological polar surface area (TPSA) is 44.7 Å². The lowest BCUT2D eigenvalue weighted by Crippen LogP contribution is -2.49. The highest BCUT2D eigenvalue weighted by atomic mass is 16.5. The van der Waals surface area contributed by atoms with Crippen molar-refractivity contribution in [3.05, 3.63) is 0 Å². The van der Waals surface area contributed by atoms with Gasteiger partial charge >= 0.3 is 0 Å². The van der Waals surface area contributed by atoms with Crippen LogP contribution in [0.4, 0.5) is 0 Å². The molecule has 120 valence electrons. The summed E-state index contributed by atoms with van der Waals surface area (Å²) in [6.45, 7) is 13.0. The second-order valence-electron chi connectivity index (χ2n) is 5.98. The molecule has 0 aromatic heterocycles. The molecule has 0 radical (unpaired) electrons. The minimum absolute atomic E-state index is 0.0553. The van der Waals surface area contributed by atoms with Gasteiger partial charge in [-0.2, -0.15) is 0 Å². The van der Waals surface area contributed by atoms with Crippen LogP contribution in [0.5, 0.6) is 0 Å². The molecular formula is C16H34N2O2. The Kier molecular flexibility index (Phi) is 8.03. The minimum atomic E-state index is -0.282. The smallest absolute Gasteiger partial charge is 0.0791 e. The zero-order chi connectivity index (χ0) is 15.0. The SMILES string of the molecule is CCN(CC)CC(O)CNC1CCOC(CC)(CC)C1. The van der Waals surface area contributed by atoms with Gasteiger partial charge in [-0.15, -0.1) is 0 Å². The van der Waals surface area contributed by atoms with Gasteiger partial charge in [0.05, 0.1) is 11.7 Å². The molecule has 4 heteroatoms. The molecule has 1 heterocycles. The first-order valence-electron chi connectivity index (χ1n) is 8.36. The van der Waals surface area contributed by atoms with Gasteiger partial charge in [0, 0.05) is 25.7 Å². The lowest BCUT2D eigenvalue weighted by molar-refractivity contribution is -0.0938. The molecule has 0 aromatic carbocycles. The average molecular weight is 286 g/mol. The van der Waals surface area contributed by atoms with Crippen molar-refractivity contribution in [2.45, 2.75) is 71.1 Å². The zero-order valence-corrected chi connectivity index (χ0v) is 13.8. The van der Waals surface area contributed by atoms with E-state index in [1.54, 1.807) is 0 Å². The summed E-state index contributed by atoms with van der Waals surface area (Å²) in [5.41, 5.74) is 0.0553. The molecule has 0 amide bonds. The largest absolute Gasteiger partial charge is 0.390 e. The molecule has 1 saturated heterocycles. The van der Waals surface area contributed by atoms with Gasteiger partial charge in [0.15, 0.2) is 0 Å². The van der Waals surface area contributed by atoms with Crippen molar-refractivity contribution < 1.29 is 9.84 Å². The van der Waals surface area contributed by atoms with E-state index in [2.05, 4.69) is 37.9 Å². The Labute approximate surface area is 124 Å². The summed E-state index contributed by atoms with van der Waals surface area (Å²) >= 11 is 0. The van der Waals surface area contributed by atoms with E-state index in [0.29, 0.717) is 12.6 Å². The molecule has 1 aliphatic heterocycles. The number of rotatable bonds is 9. The van der Waals surface area contributed by atoms with Crippen LogP contribution in [0.1, 0.15) is 53.4 Å². The Morgan fingerprint density at radius 1 is 1.25 bits per heavy atom. The first-order valence-corrected chi connectivity index (χ1v) is 8.36. The molecule has 2 atom stereocenters. The van der Waals surface area contributed by atoms with Gasteiger partial charge in [0.1, 0.15) is 0 Å². The molecule has 1 fully saturated rings. The number of ether oxygens (including phenoxy) is 1. The van der Waals surface area contributed by atoms with Gasteiger partial charge in [-0.05, 0) is 38.8 Å². The standard InChI is InChI=1S/C16H34N2O2/c1-5-16(6-2)11-14(9-10-20-16)17-12-15(19)13-18(7-3)8-4/h14-15,17,19H,5-13H2,1-4H3. The van der Waals surface area contributed by atoms with Crippen molar-refractivity contribution >= 4 is 0 Å². The maximum atomic E-state index is 10.1. The van der Waals surface area contributed by atoms with Crippen molar-refractivity contribution in [1.82, 2.24) is 10.2 Å². The summed E-state index contributed by atoms with van der Waals surface area (Å²) in [5.74, 6) is 0. The van der Waals surface area contributed by atoms with E-state index in [1.165, 1.54) is 0 Å². The number of hydrogen-bond donors (Lipinski definition) is 2. The highest BCUT2D eigenvalue weighted by molar-refractivity contribution is 4.88. The van der Waals surface area contributed by atoms with Gasteiger partial charge in [0.2, 0.25) is 0 Å². The summed E-state index contributed by atoms with van der Waals surface area (Å²) in [7, 11) is 0. The van der Waals surface area contributed by atoms with Crippen LogP contribution in [0.2, 0.25) is 0 Å². The molecule has 0 saturated carbocycles. The van der Waals surface area contributed by atoms with Gasteiger partial charge in [-0.1, -0.05) is 27.7 Å². The van der Waals surface area contributed by atoms with Crippen molar-refractivity contribution in [2.24, 2.45) is 0 Å². The lowest BCUT2D eigenvalue weighted by atomic mass is 9.86. The first-order chi connectivity index (χ1) is 9.59. The molecule has 1 aliphatic rings. The van der Waals surface area contributed by atoms with Crippen LogP contribution in [-0.4, -0.2) is 60.5 Å². The normalized spacial score (nSPS) is 24.0. The number of aliphatic hydroxyl groups is 1. The molecule has 0 aliphatic carbocycles. The molecule has 2 N–H and O–H groups in total. The fraction of sp³-hybridized carbons (Fsp3) is 1.00. The summed E-state index contributed by atoms with van der Waals surface area (Å²) in [6.07, 6.45) is 3.99. The minimum Gasteiger partial charge on any atom is -0.390 e. The van der Waals surface area contributed by atoms with Crippen LogP contribution in [0.15, 0.2) is 0 Å². The van der Waals surface area contributed by atoms with Crippen LogP contribution in [0.25, 0.3) is 0 Å². The van der Waals surface area contributed by atoms with E-state index in [-0.39, 0.29) is 11.7 Å². The predicted octanol–water partition coefficient (Wildman–Crippen LogP) is 2.02. The quantitative estimate of drug-likeness (QED) is 0.681. The van der Waals surface area contributed by atoms with Crippen molar-refractivity contribution in [3.63, 3.8) is 0 Å². The van der Waals surface area contributed by atoms with E-state index in [1.807, 2.05) is 0 Å². The molecule has 20 heavy (non-hydrogen) atoms. The summed E-state index contributed by atoms with van der Waals surface area (Å²) in [6, 6.07) is 0.481. The summed E-state index contributed by atoms with van der Waals surface area (Å²) < 4.78 is 5.99. The van der Waals surface area contributed by atoms with Crippen LogP contribution < -0.4 is 5.32 Å². The Hall–Kier alpha value is -0.160. The second kappa shape index (κ2) is 8.98. The maximum absolute atomic E-state index is 10.1. The third-order valence-corrected chi connectivity index (χ3v) is 4.79. The average Bonchev–Trinajstić information content (AvgIpc) is 2.50. The second-order valence-corrected chi connectivity index (χ2v) is 5.98.